The van der Waals surface area contributed by atoms with Gasteiger partial charge in [0, 0.05) is 11.1 Å². The topological polar surface area (TPSA) is 142 Å². The predicted molar refractivity (Wildman–Crippen MR) is 119 cm³/mol. The highest BCUT2D eigenvalue weighted by molar-refractivity contribution is 5.93. The number of fused-ring (bicyclic) bond motifs is 1. The van der Waals surface area contributed by atoms with E-state index in [0.29, 0.717) is 5.69 Å². The zero-order chi connectivity index (χ0) is 23.8. The van der Waals surface area contributed by atoms with Crippen molar-refractivity contribution in [3.63, 3.8) is 0 Å². The molecule has 9 heteroatoms. The number of para-hydroxylation sites is 1. The molecule has 1 unspecified atom stereocenters. The van der Waals surface area contributed by atoms with Crippen molar-refractivity contribution in [2.45, 2.75) is 39.3 Å². The van der Waals surface area contributed by atoms with Gasteiger partial charge in [-0.1, -0.05) is 12.1 Å². The predicted octanol–water partition coefficient (Wildman–Crippen LogP) is 3.20. The van der Waals surface area contributed by atoms with Crippen LogP contribution in [0.1, 0.15) is 55.5 Å². The van der Waals surface area contributed by atoms with Gasteiger partial charge >= 0.3 is 6.09 Å². The Kier molecular flexibility index (Phi) is 5.73. The van der Waals surface area contributed by atoms with Gasteiger partial charge in [-0.2, -0.15) is 5.26 Å². The molecule has 0 radical (unpaired) electrons. The highest BCUT2D eigenvalue weighted by Gasteiger charge is 2.34. The van der Waals surface area contributed by atoms with Gasteiger partial charge in [-0.15, -0.1) is 0 Å². The minimum atomic E-state index is -1.19. The molecule has 0 saturated carbocycles. The first kappa shape index (κ1) is 22.5. The zero-order valence-electron chi connectivity index (χ0n) is 18.2. The average molecular weight is 433 g/mol. The number of hydrogen-bond donors (Lipinski definition) is 2. The lowest BCUT2D eigenvalue weighted by molar-refractivity contribution is 0.0719. The van der Waals surface area contributed by atoms with Gasteiger partial charge < -0.3 is 10.8 Å². The number of rotatable bonds is 4. The van der Waals surface area contributed by atoms with Crippen molar-refractivity contribution in [3.05, 3.63) is 69.8 Å². The number of amides is 2. The number of carbonyl (C=O) groups is 2. The van der Waals surface area contributed by atoms with Crippen molar-refractivity contribution in [1.29, 1.82) is 5.26 Å². The molecule has 0 aliphatic heterocycles. The molecule has 2 aromatic carbocycles. The Morgan fingerprint density at radius 3 is 2.44 bits per heavy atom. The van der Waals surface area contributed by atoms with Gasteiger partial charge in [0.25, 0.3) is 5.56 Å². The molecular weight excluding hydrogens is 410 g/mol. The van der Waals surface area contributed by atoms with E-state index in [4.69, 9.17) is 5.73 Å². The molecule has 9 nitrogen and oxygen atoms in total. The maximum absolute atomic E-state index is 13.6. The maximum Gasteiger partial charge on any atom is 0.408 e. The smallest absolute Gasteiger partial charge is 0.408 e. The number of carboxylic acid groups (broad SMARTS) is 1. The van der Waals surface area contributed by atoms with Crippen LogP contribution in [-0.4, -0.2) is 37.1 Å². The molecule has 1 atom stereocenters. The van der Waals surface area contributed by atoms with Crippen LogP contribution in [0.2, 0.25) is 0 Å². The highest BCUT2D eigenvalue weighted by Crippen LogP contribution is 2.29. The number of carbonyl (C=O) groups excluding carboxylic acids is 1. The fraction of sp³-hybridized carbons (Fsp3) is 0.261. The molecule has 0 aliphatic carbocycles. The molecule has 1 heterocycles. The molecular formula is C23H23N5O4. The SMILES string of the molecule is CC(c1nc2c(C#N)cccc2c(=O)n1-c1cccc(C(N)=O)c1)N(C(=O)O)C(C)(C)C. The molecule has 0 bridgehead atoms. The van der Waals surface area contributed by atoms with E-state index in [-0.39, 0.29) is 27.9 Å². The summed E-state index contributed by atoms with van der Waals surface area (Å²) < 4.78 is 1.27. The van der Waals surface area contributed by atoms with Crippen LogP contribution in [0.25, 0.3) is 16.6 Å². The van der Waals surface area contributed by atoms with Crippen LogP contribution < -0.4 is 11.3 Å². The Morgan fingerprint density at radius 1 is 1.22 bits per heavy atom. The van der Waals surface area contributed by atoms with E-state index in [1.54, 1.807) is 58.0 Å². The normalized spacial score (nSPS) is 12.2. The Labute approximate surface area is 184 Å². The summed E-state index contributed by atoms with van der Waals surface area (Å²) in [5, 5.41) is 19.6. The van der Waals surface area contributed by atoms with Gasteiger partial charge in [0.15, 0.2) is 0 Å². The van der Waals surface area contributed by atoms with E-state index in [2.05, 4.69) is 4.98 Å². The first-order valence-electron chi connectivity index (χ1n) is 9.85. The van der Waals surface area contributed by atoms with Gasteiger partial charge in [-0.05, 0) is 58.0 Å². The number of nitrogens with zero attached hydrogens (tertiary/aromatic N) is 4. The number of nitriles is 1. The second-order valence-corrected chi connectivity index (χ2v) is 8.34. The quantitative estimate of drug-likeness (QED) is 0.647. The Balaban J connectivity index is 2.45. The van der Waals surface area contributed by atoms with E-state index >= 15 is 0 Å². The third-order valence-corrected chi connectivity index (χ3v) is 5.12. The second-order valence-electron chi connectivity index (χ2n) is 8.34. The summed E-state index contributed by atoms with van der Waals surface area (Å²) >= 11 is 0. The summed E-state index contributed by atoms with van der Waals surface area (Å²) in [7, 11) is 0. The summed E-state index contributed by atoms with van der Waals surface area (Å²) in [6, 6.07) is 12.0. The minimum Gasteiger partial charge on any atom is -0.465 e. The largest absolute Gasteiger partial charge is 0.465 e. The first-order chi connectivity index (χ1) is 15.0. The monoisotopic (exact) mass is 433 g/mol. The number of nitrogens with two attached hydrogens (primary N) is 1. The number of primary amides is 1. The molecule has 0 spiro atoms. The van der Waals surface area contributed by atoms with Crippen LogP contribution in [0.4, 0.5) is 4.79 Å². The van der Waals surface area contributed by atoms with Gasteiger partial charge in [0.05, 0.1) is 28.2 Å². The molecule has 32 heavy (non-hydrogen) atoms. The number of aromatic nitrogens is 2. The second kappa shape index (κ2) is 8.15. The highest BCUT2D eigenvalue weighted by atomic mass is 16.4. The summed E-state index contributed by atoms with van der Waals surface area (Å²) in [5.74, 6) is -0.555. The summed E-state index contributed by atoms with van der Waals surface area (Å²) in [6.45, 7) is 6.82. The maximum atomic E-state index is 13.6. The van der Waals surface area contributed by atoms with Crippen LogP contribution in [0.15, 0.2) is 47.3 Å². The van der Waals surface area contributed by atoms with Crippen LogP contribution in [0.3, 0.4) is 0 Å². The molecule has 2 amide bonds. The lowest BCUT2D eigenvalue weighted by atomic mass is 10.0. The van der Waals surface area contributed by atoms with E-state index in [0.717, 1.165) is 0 Å². The zero-order valence-corrected chi connectivity index (χ0v) is 18.2. The molecule has 0 fully saturated rings. The molecule has 3 rings (SSSR count). The molecule has 0 aliphatic rings. The fourth-order valence-electron chi connectivity index (χ4n) is 3.79. The van der Waals surface area contributed by atoms with Crippen molar-refractivity contribution >= 4 is 22.9 Å². The van der Waals surface area contributed by atoms with E-state index in [1.807, 2.05) is 6.07 Å². The lowest BCUT2D eigenvalue weighted by Crippen LogP contribution is -2.47. The van der Waals surface area contributed by atoms with Gasteiger partial charge in [0.2, 0.25) is 5.91 Å². The molecule has 164 valence electrons. The Morgan fingerprint density at radius 2 is 1.88 bits per heavy atom. The molecule has 0 saturated heterocycles. The van der Waals surface area contributed by atoms with E-state index < -0.39 is 29.1 Å². The van der Waals surface area contributed by atoms with Crippen LogP contribution in [0, 0.1) is 11.3 Å². The molecule has 3 N–H and O–H groups in total. The summed E-state index contributed by atoms with van der Waals surface area (Å²) in [6.07, 6.45) is -1.19. The third kappa shape index (κ3) is 3.90. The van der Waals surface area contributed by atoms with Crippen molar-refractivity contribution in [2.24, 2.45) is 5.73 Å². The molecule has 3 aromatic rings. The van der Waals surface area contributed by atoms with Crippen molar-refractivity contribution in [3.8, 4) is 11.8 Å². The van der Waals surface area contributed by atoms with Gasteiger partial charge in [0.1, 0.15) is 11.9 Å². The van der Waals surface area contributed by atoms with Crippen LogP contribution >= 0.6 is 0 Å². The van der Waals surface area contributed by atoms with Crippen LogP contribution in [0.5, 0.6) is 0 Å². The average Bonchev–Trinajstić information content (AvgIpc) is 2.71. The first-order valence-corrected chi connectivity index (χ1v) is 9.85. The van der Waals surface area contributed by atoms with E-state index in [9.17, 15) is 24.8 Å². The lowest BCUT2D eigenvalue weighted by Gasteiger charge is -2.38. The number of hydrogen-bond acceptors (Lipinski definition) is 5. The Hall–Kier alpha value is -4.19. The summed E-state index contributed by atoms with van der Waals surface area (Å²) in [5.41, 5.74) is 4.98. The summed E-state index contributed by atoms with van der Waals surface area (Å²) in [4.78, 5) is 43.2. The molecule has 1 aromatic heterocycles. The van der Waals surface area contributed by atoms with Gasteiger partial charge in [-0.25, -0.2) is 9.78 Å². The Bertz CT molecular complexity index is 1330. The van der Waals surface area contributed by atoms with Crippen LogP contribution in [-0.2, 0) is 0 Å². The fourth-order valence-corrected chi connectivity index (χ4v) is 3.79. The van der Waals surface area contributed by atoms with Crippen molar-refractivity contribution in [2.75, 3.05) is 0 Å². The van der Waals surface area contributed by atoms with Crippen molar-refractivity contribution in [1.82, 2.24) is 14.5 Å². The van der Waals surface area contributed by atoms with Crippen molar-refractivity contribution < 1.29 is 14.7 Å². The minimum absolute atomic E-state index is 0.115. The van der Waals surface area contributed by atoms with E-state index in [1.165, 1.54) is 21.6 Å². The number of benzene rings is 2. The van der Waals surface area contributed by atoms with Gasteiger partial charge in [-0.3, -0.25) is 19.1 Å². The standard InChI is InChI=1S/C23H23N5O4/c1-13(28(22(31)32)23(2,3)4)20-26-18-15(12-24)8-6-10-17(18)21(30)27(20)16-9-5-7-14(11-16)19(25)29/h5-11,13H,1-4H3,(H2,25,29)(H,31,32). The third-order valence-electron chi connectivity index (χ3n) is 5.12.